The first-order valence-corrected chi connectivity index (χ1v) is 15.0. The number of esters is 2. The molecule has 44 heavy (non-hydrogen) atoms. The van der Waals surface area contributed by atoms with Gasteiger partial charge in [-0.3, -0.25) is 4.79 Å². The van der Waals surface area contributed by atoms with Crippen LogP contribution < -0.4 is 14.2 Å². The summed E-state index contributed by atoms with van der Waals surface area (Å²) in [6, 6.07) is 19.1. The van der Waals surface area contributed by atoms with Gasteiger partial charge in [-0.2, -0.15) is 0 Å². The molecule has 0 radical (unpaired) electrons. The summed E-state index contributed by atoms with van der Waals surface area (Å²) in [5.74, 6) is 1.67. The second-order valence-electron chi connectivity index (χ2n) is 12.7. The molecule has 4 aromatic carbocycles. The molecular weight excluding hydrogens is 576 g/mol. The predicted molar refractivity (Wildman–Crippen MR) is 168 cm³/mol. The zero-order valence-electron chi connectivity index (χ0n) is 25.2. The summed E-state index contributed by atoms with van der Waals surface area (Å²) in [5.41, 5.74) is 4.70. The fraction of sp³-hybridized carbons (Fsp3) is 0.243. The molecule has 0 aromatic heterocycles. The number of ether oxygens (including phenoxy) is 4. The Morgan fingerprint density at radius 1 is 0.909 bits per heavy atom. The number of allylic oxidation sites excluding steroid dienone is 1. The van der Waals surface area contributed by atoms with Gasteiger partial charge in [0.15, 0.2) is 5.60 Å². The van der Waals surface area contributed by atoms with Crippen LogP contribution in [-0.4, -0.2) is 11.9 Å². The van der Waals surface area contributed by atoms with Crippen molar-refractivity contribution in [1.82, 2.24) is 0 Å². The first kappa shape index (κ1) is 28.2. The molecule has 0 amide bonds. The molecule has 0 N–H and O–H groups in total. The Bertz CT molecular complexity index is 1930. The summed E-state index contributed by atoms with van der Waals surface area (Å²) in [7, 11) is 0. The minimum Gasteiger partial charge on any atom is -0.461 e. The van der Waals surface area contributed by atoms with Gasteiger partial charge in [0.2, 0.25) is 0 Å². The molecule has 0 saturated carbocycles. The van der Waals surface area contributed by atoms with E-state index in [0.717, 1.165) is 22.3 Å². The number of carbonyl (C=O) groups is 2. The summed E-state index contributed by atoms with van der Waals surface area (Å²) < 4.78 is 25.3. The van der Waals surface area contributed by atoms with Crippen molar-refractivity contribution in [2.24, 2.45) is 5.41 Å². The lowest BCUT2D eigenvalue weighted by Crippen LogP contribution is -2.34. The Hall–Kier alpha value is -4.55. The van der Waals surface area contributed by atoms with Gasteiger partial charge in [0.25, 0.3) is 0 Å². The molecule has 3 heterocycles. The number of hydrogen-bond donors (Lipinski definition) is 0. The zero-order valence-corrected chi connectivity index (χ0v) is 26.0. The average Bonchev–Trinajstić information content (AvgIpc) is 3.28. The highest BCUT2D eigenvalue weighted by Gasteiger charge is 2.56. The first-order valence-electron chi connectivity index (χ1n) is 14.6. The third-order valence-electron chi connectivity index (χ3n) is 8.67. The zero-order chi connectivity index (χ0) is 31.1. The summed E-state index contributed by atoms with van der Waals surface area (Å²) in [4.78, 5) is 25.9. The molecule has 4 aromatic rings. The van der Waals surface area contributed by atoms with Gasteiger partial charge in [-0.15, -0.1) is 0 Å². The Morgan fingerprint density at radius 2 is 1.66 bits per heavy atom. The van der Waals surface area contributed by atoms with Crippen LogP contribution in [0.15, 0.2) is 73.0 Å². The van der Waals surface area contributed by atoms with Crippen LogP contribution in [0.1, 0.15) is 70.9 Å². The highest BCUT2D eigenvalue weighted by Crippen LogP contribution is 2.61. The molecule has 0 fully saturated rings. The molecule has 7 rings (SSSR count). The Labute approximate surface area is 261 Å². The average molecular weight is 607 g/mol. The molecule has 0 saturated heterocycles. The topological polar surface area (TPSA) is 71.1 Å². The van der Waals surface area contributed by atoms with Crippen molar-refractivity contribution in [2.75, 3.05) is 0 Å². The number of fused-ring (bicyclic) bond motifs is 7. The van der Waals surface area contributed by atoms with Gasteiger partial charge in [0, 0.05) is 44.3 Å². The van der Waals surface area contributed by atoms with E-state index in [1.165, 1.54) is 0 Å². The second kappa shape index (κ2) is 9.73. The van der Waals surface area contributed by atoms with Crippen LogP contribution in [0.3, 0.4) is 0 Å². The van der Waals surface area contributed by atoms with Crippen molar-refractivity contribution in [3.63, 3.8) is 0 Å². The largest absolute Gasteiger partial charge is 0.461 e. The van der Waals surface area contributed by atoms with Crippen LogP contribution in [-0.2, 0) is 21.6 Å². The van der Waals surface area contributed by atoms with Gasteiger partial charge >= 0.3 is 11.9 Å². The van der Waals surface area contributed by atoms with Crippen molar-refractivity contribution >= 4 is 23.5 Å². The molecule has 0 aliphatic carbocycles. The van der Waals surface area contributed by atoms with E-state index in [0.29, 0.717) is 68.0 Å². The van der Waals surface area contributed by atoms with E-state index in [4.69, 9.17) is 30.5 Å². The van der Waals surface area contributed by atoms with Gasteiger partial charge in [0.1, 0.15) is 28.8 Å². The maximum atomic E-state index is 13.6. The normalized spacial score (nSPS) is 18.0. The molecular formula is C37H31ClO6. The van der Waals surface area contributed by atoms with Crippen molar-refractivity contribution in [3.05, 3.63) is 117 Å². The maximum Gasteiger partial charge on any atom is 0.340 e. The number of hydrogen-bond acceptors (Lipinski definition) is 6. The van der Waals surface area contributed by atoms with Crippen LogP contribution >= 0.6 is 11.6 Å². The molecule has 1 unspecified atom stereocenters. The molecule has 3 aliphatic heterocycles. The van der Waals surface area contributed by atoms with Crippen LogP contribution in [0.4, 0.5) is 0 Å². The molecule has 3 aliphatic rings. The second-order valence-corrected chi connectivity index (χ2v) is 13.1. The van der Waals surface area contributed by atoms with Gasteiger partial charge in [-0.1, -0.05) is 74.8 Å². The number of benzene rings is 4. The Morgan fingerprint density at radius 3 is 2.39 bits per heavy atom. The third-order valence-corrected chi connectivity index (χ3v) is 8.98. The predicted octanol–water partition coefficient (Wildman–Crippen LogP) is 8.98. The molecule has 1 atom stereocenters. The standard InChI is InChI=1S/C37H31ClO6/c1-19-10-12-22(13-11-19)25-17-26-30(18-29(25)41-21(3)36(4,5)6)42-34-20(2)33-23(14-15-31(39)43-33)16-27(34)37(26)32-24(35(40)44-37)8-7-9-28(32)38/h7-13,16-18H,3,14-15H2,1-2,4-6H3. The minimum absolute atomic E-state index is 0.253. The fourth-order valence-corrected chi connectivity index (χ4v) is 6.46. The lowest BCUT2D eigenvalue weighted by molar-refractivity contribution is -0.135. The van der Waals surface area contributed by atoms with E-state index in [2.05, 4.69) is 6.58 Å². The summed E-state index contributed by atoms with van der Waals surface area (Å²) in [6.07, 6.45) is 0.744. The first-order chi connectivity index (χ1) is 20.9. The van der Waals surface area contributed by atoms with Crippen molar-refractivity contribution < 1.29 is 28.5 Å². The number of halogens is 1. The number of aryl methyl sites for hydroxylation is 2. The molecule has 1 spiro atoms. The smallest absolute Gasteiger partial charge is 0.340 e. The highest BCUT2D eigenvalue weighted by atomic mass is 35.5. The molecule has 222 valence electrons. The molecule has 0 bridgehead atoms. The van der Waals surface area contributed by atoms with E-state index in [9.17, 15) is 9.59 Å². The SMILES string of the molecule is C=C(Oc1cc2c(cc1-c1ccc(C)cc1)C1(OC(=O)c3cccc(Cl)c31)c1cc3c(c(C)c1O2)OC(=O)CC3)C(C)(C)C. The Kier molecular flexibility index (Phi) is 6.24. The van der Waals surface area contributed by atoms with Crippen molar-refractivity contribution in [3.8, 4) is 34.1 Å². The maximum absolute atomic E-state index is 13.6. The van der Waals surface area contributed by atoms with Gasteiger partial charge < -0.3 is 18.9 Å². The van der Waals surface area contributed by atoms with E-state index in [1.807, 2.05) is 77.1 Å². The quantitative estimate of drug-likeness (QED) is 0.132. The van der Waals surface area contributed by atoms with E-state index < -0.39 is 11.6 Å². The monoisotopic (exact) mass is 606 g/mol. The summed E-state index contributed by atoms with van der Waals surface area (Å²) in [6.45, 7) is 14.2. The van der Waals surface area contributed by atoms with E-state index in [1.54, 1.807) is 18.2 Å². The van der Waals surface area contributed by atoms with E-state index >= 15 is 0 Å². The van der Waals surface area contributed by atoms with Gasteiger partial charge in [-0.05, 0) is 55.7 Å². The van der Waals surface area contributed by atoms with Crippen LogP contribution in [0.25, 0.3) is 11.1 Å². The molecule has 7 heteroatoms. The molecule has 6 nitrogen and oxygen atoms in total. The van der Waals surface area contributed by atoms with Gasteiger partial charge in [-0.25, -0.2) is 4.79 Å². The number of rotatable bonds is 3. The Balaban J connectivity index is 1.56. The third kappa shape index (κ3) is 4.15. The van der Waals surface area contributed by atoms with Crippen LogP contribution in [0.2, 0.25) is 5.02 Å². The summed E-state index contributed by atoms with van der Waals surface area (Å²) in [5, 5.41) is 0.396. The van der Waals surface area contributed by atoms with Crippen LogP contribution in [0, 0.1) is 19.3 Å². The lowest BCUT2D eigenvalue weighted by atomic mass is 9.75. The van der Waals surface area contributed by atoms with E-state index in [-0.39, 0.29) is 17.8 Å². The number of carbonyl (C=O) groups excluding carboxylic acids is 2. The highest BCUT2D eigenvalue weighted by molar-refractivity contribution is 6.32. The van der Waals surface area contributed by atoms with Crippen molar-refractivity contribution in [2.45, 2.75) is 53.1 Å². The van der Waals surface area contributed by atoms with Crippen LogP contribution in [0.5, 0.6) is 23.0 Å². The van der Waals surface area contributed by atoms with Gasteiger partial charge in [0.05, 0.1) is 12.0 Å². The van der Waals surface area contributed by atoms with Crippen molar-refractivity contribution in [1.29, 1.82) is 0 Å². The minimum atomic E-state index is -1.42. The lowest BCUT2D eigenvalue weighted by Gasteiger charge is -2.39. The fourth-order valence-electron chi connectivity index (χ4n) is 6.15. The summed E-state index contributed by atoms with van der Waals surface area (Å²) >= 11 is 6.94.